The largest absolute Gasteiger partial charge is 0.483 e. The fraction of sp³-hybridized carbons (Fsp3) is 0.364. The highest BCUT2D eigenvalue weighted by atomic mass is 16.5. The molecule has 0 bridgehead atoms. The number of nitrogens with one attached hydrogen (secondary N) is 1. The molecule has 3 rings (SSSR count). The Morgan fingerprint density at radius 3 is 2.48 bits per heavy atom. The highest BCUT2D eigenvalue weighted by Crippen LogP contribution is 2.18. The monoisotopic (exact) mass is 366 g/mol. The predicted molar refractivity (Wildman–Crippen MR) is 106 cm³/mol. The van der Waals surface area contributed by atoms with Crippen molar-refractivity contribution in [2.24, 2.45) is 0 Å². The first-order valence-electron chi connectivity index (χ1n) is 9.51. The van der Waals surface area contributed by atoms with Crippen LogP contribution in [0.3, 0.4) is 0 Å². The van der Waals surface area contributed by atoms with Crippen LogP contribution in [0.1, 0.15) is 41.6 Å². The maximum absolute atomic E-state index is 12.7. The number of para-hydroxylation sites is 1. The maximum atomic E-state index is 12.7. The van der Waals surface area contributed by atoms with Crippen LogP contribution in [0.15, 0.2) is 48.5 Å². The third kappa shape index (κ3) is 5.33. The molecule has 2 amide bonds. The third-order valence-electron chi connectivity index (χ3n) is 4.74. The maximum Gasteiger partial charge on any atom is 0.262 e. The van der Waals surface area contributed by atoms with E-state index >= 15 is 0 Å². The first-order chi connectivity index (χ1) is 13.1. The van der Waals surface area contributed by atoms with Crippen LogP contribution in [0.2, 0.25) is 0 Å². The Kier molecular flexibility index (Phi) is 6.47. The lowest BCUT2D eigenvalue weighted by molar-refractivity contribution is -0.118. The van der Waals surface area contributed by atoms with Crippen LogP contribution < -0.4 is 10.1 Å². The molecule has 0 saturated carbocycles. The van der Waals surface area contributed by atoms with Gasteiger partial charge in [-0.25, -0.2) is 0 Å². The van der Waals surface area contributed by atoms with Crippen molar-refractivity contribution >= 4 is 17.5 Å². The number of hydrogen-bond acceptors (Lipinski definition) is 3. The minimum Gasteiger partial charge on any atom is -0.483 e. The van der Waals surface area contributed by atoms with Crippen LogP contribution in [-0.2, 0) is 4.79 Å². The molecule has 1 fully saturated rings. The van der Waals surface area contributed by atoms with Crippen molar-refractivity contribution in [3.05, 3.63) is 59.7 Å². The lowest BCUT2D eigenvalue weighted by Crippen LogP contribution is -2.31. The van der Waals surface area contributed by atoms with Crippen LogP contribution in [0, 0.1) is 6.92 Å². The normalized spacial score (nSPS) is 14.3. The average molecular weight is 366 g/mol. The summed E-state index contributed by atoms with van der Waals surface area (Å²) >= 11 is 0. The summed E-state index contributed by atoms with van der Waals surface area (Å²) in [5.74, 6) is 0.472. The van der Waals surface area contributed by atoms with Gasteiger partial charge in [-0.15, -0.1) is 0 Å². The number of amides is 2. The summed E-state index contributed by atoms with van der Waals surface area (Å²) in [4.78, 5) is 26.8. The van der Waals surface area contributed by atoms with E-state index in [-0.39, 0.29) is 18.4 Å². The number of rotatable bonds is 5. The van der Waals surface area contributed by atoms with E-state index in [1.807, 2.05) is 36.1 Å². The summed E-state index contributed by atoms with van der Waals surface area (Å²) in [7, 11) is 0. The summed E-state index contributed by atoms with van der Waals surface area (Å²) in [5, 5.41) is 2.81. The van der Waals surface area contributed by atoms with Gasteiger partial charge in [-0.2, -0.15) is 0 Å². The molecule has 142 valence electrons. The van der Waals surface area contributed by atoms with Gasteiger partial charge in [0.2, 0.25) is 0 Å². The molecule has 5 nitrogen and oxygen atoms in total. The van der Waals surface area contributed by atoms with E-state index in [0.717, 1.165) is 31.5 Å². The zero-order valence-electron chi connectivity index (χ0n) is 15.7. The predicted octanol–water partition coefficient (Wildman–Crippen LogP) is 4.03. The Hall–Kier alpha value is -2.82. The third-order valence-corrected chi connectivity index (χ3v) is 4.74. The Labute approximate surface area is 160 Å². The number of carbonyl (C=O) groups is 2. The highest BCUT2D eigenvalue weighted by Gasteiger charge is 2.17. The molecule has 1 heterocycles. The summed E-state index contributed by atoms with van der Waals surface area (Å²) in [5.41, 5.74) is 2.19. The molecule has 1 N–H and O–H groups in total. The van der Waals surface area contributed by atoms with Crippen LogP contribution in [-0.4, -0.2) is 36.4 Å². The van der Waals surface area contributed by atoms with Crippen molar-refractivity contribution in [1.82, 2.24) is 4.90 Å². The number of ether oxygens (including phenoxy) is 1. The molecule has 0 aromatic heterocycles. The van der Waals surface area contributed by atoms with Crippen LogP contribution in [0.5, 0.6) is 5.75 Å². The first-order valence-corrected chi connectivity index (χ1v) is 9.51. The lowest BCUT2D eigenvalue weighted by Gasteiger charge is -2.20. The number of aryl methyl sites for hydroxylation is 1. The summed E-state index contributed by atoms with van der Waals surface area (Å²) in [6.07, 6.45) is 4.47. The van der Waals surface area contributed by atoms with Crippen molar-refractivity contribution in [3.63, 3.8) is 0 Å². The van der Waals surface area contributed by atoms with E-state index in [0.29, 0.717) is 17.0 Å². The molecule has 0 unspecified atom stereocenters. The van der Waals surface area contributed by atoms with Gasteiger partial charge in [-0.3, -0.25) is 9.59 Å². The smallest absolute Gasteiger partial charge is 0.262 e. The lowest BCUT2D eigenvalue weighted by atomic mass is 10.1. The quantitative estimate of drug-likeness (QED) is 0.869. The molecule has 27 heavy (non-hydrogen) atoms. The molecular weight excluding hydrogens is 340 g/mol. The second-order valence-electron chi connectivity index (χ2n) is 6.89. The van der Waals surface area contributed by atoms with E-state index in [1.165, 1.54) is 12.8 Å². The molecule has 1 aliphatic rings. The summed E-state index contributed by atoms with van der Waals surface area (Å²) in [6, 6.07) is 14.7. The van der Waals surface area contributed by atoms with Crippen LogP contribution >= 0.6 is 0 Å². The summed E-state index contributed by atoms with van der Waals surface area (Å²) < 4.78 is 5.57. The molecule has 0 spiro atoms. The summed E-state index contributed by atoms with van der Waals surface area (Å²) in [6.45, 7) is 3.47. The van der Waals surface area contributed by atoms with E-state index < -0.39 is 0 Å². The minimum absolute atomic E-state index is 0.0316. The van der Waals surface area contributed by atoms with E-state index in [2.05, 4.69) is 5.32 Å². The van der Waals surface area contributed by atoms with E-state index in [9.17, 15) is 9.59 Å². The van der Waals surface area contributed by atoms with Crippen molar-refractivity contribution < 1.29 is 14.3 Å². The first kappa shape index (κ1) is 19.0. The zero-order chi connectivity index (χ0) is 19.1. The molecule has 0 aliphatic carbocycles. The molecule has 2 aromatic carbocycles. The molecule has 0 radical (unpaired) electrons. The number of likely N-dealkylation sites (tertiary alicyclic amines) is 1. The fourth-order valence-corrected chi connectivity index (χ4v) is 3.25. The Morgan fingerprint density at radius 2 is 1.74 bits per heavy atom. The van der Waals surface area contributed by atoms with E-state index in [1.54, 1.807) is 24.3 Å². The van der Waals surface area contributed by atoms with Crippen molar-refractivity contribution in [1.29, 1.82) is 0 Å². The number of nitrogens with zero attached hydrogens (tertiary/aromatic N) is 1. The van der Waals surface area contributed by atoms with Crippen molar-refractivity contribution in [3.8, 4) is 5.75 Å². The molecule has 5 heteroatoms. The van der Waals surface area contributed by atoms with Gasteiger partial charge < -0.3 is 15.0 Å². The van der Waals surface area contributed by atoms with Gasteiger partial charge in [-0.1, -0.05) is 37.1 Å². The van der Waals surface area contributed by atoms with Gasteiger partial charge in [0, 0.05) is 24.3 Å². The topological polar surface area (TPSA) is 58.6 Å². The minimum atomic E-state index is -0.252. The highest BCUT2D eigenvalue weighted by molar-refractivity contribution is 5.97. The fourth-order valence-electron chi connectivity index (χ4n) is 3.25. The van der Waals surface area contributed by atoms with E-state index in [4.69, 9.17) is 4.74 Å². The number of benzene rings is 2. The molecule has 1 saturated heterocycles. The van der Waals surface area contributed by atoms with Gasteiger partial charge in [0.05, 0.1) is 0 Å². The SMILES string of the molecule is Cc1ccccc1OCC(=O)Nc1cccc(C(=O)N2CCCCCC2)c1. The molecule has 1 aliphatic heterocycles. The van der Waals surface area contributed by atoms with Gasteiger partial charge in [-0.05, 0) is 49.6 Å². The van der Waals surface area contributed by atoms with Gasteiger partial charge in [0.15, 0.2) is 6.61 Å². The molecule has 0 atom stereocenters. The van der Waals surface area contributed by atoms with Crippen LogP contribution in [0.25, 0.3) is 0 Å². The van der Waals surface area contributed by atoms with Gasteiger partial charge >= 0.3 is 0 Å². The Balaban J connectivity index is 1.59. The number of anilines is 1. The standard InChI is InChI=1S/C22H26N2O3/c1-17-9-4-5-12-20(17)27-16-21(25)23-19-11-8-10-18(15-19)22(26)24-13-6-2-3-7-14-24/h4-5,8-12,15H,2-3,6-7,13-14,16H2,1H3,(H,23,25). The average Bonchev–Trinajstić information content (AvgIpc) is 2.96. The number of carbonyl (C=O) groups excluding carboxylic acids is 2. The Morgan fingerprint density at radius 1 is 1.00 bits per heavy atom. The second kappa shape index (κ2) is 9.21. The second-order valence-corrected chi connectivity index (χ2v) is 6.89. The molecule has 2 aromatic rings. The Bertz CT molecular complexity index is 796. The van der Waals surface area contributed by atoms with Gasteiger partial charge in [0.25, 0.3) is 11.8 Å². The molecular formula is C22H26N2O3. The van der Waals surface area contributed by atoms with Crippen LogP contribution in [0.4, 0.5) is 5.69 Å². The zero-order valence-corrected chi connectivity index (χ0v) is 15.7. The van der Waals surface area contributed by atoms with Crippen molar-refractivity contribution in [2.45, 2.75) is 32.6 Å². The van der Waals surface area contributed by atoms with Gasteiger partial charge in [0.1, 0.15) is 5.75 Å². The number of hydrogen-bond donors (Lipinski definition) is 1. The van der Waals surface area contributed by atoms with Crippen molar-refractivity contribution in [2.75, 3.05) is 25.0 Å².